The van der Waals surface area contributed by atoms with E-state index < -0.39 is 12.6 Å². The molecule has 2 nitrogen and oxygen atoms in total. The smallest absolute Gasteiger partial charge is 0.310 e. The molecule has 0 bridgehead atoms. The summed E-state index contributed by atoms with van der Waals surface area (Å²) in [5, 5.41) is 4.28. The van der Waals surface area contributed by atoms with Crippen LogP contribution in [0.25, 0.3) is 10.9 Å². The fourth-order valence-corrected chi connectivity index (χ4v) is 2.54. The maximum Gasteiger partial charge on any atom is 0.389 e. The molecular weight excluding hydrogens is 277 g/mol. The summed E-state index contributed by atoms with van der Waals surface area (Å²) in [5.74, 6) is 0. The first-order valence-electron chi connectivity index (χ1n) is 7.15. The number of aromatic nitrogens is 1. The van der Waals surface area contributed by atoms with Gasteiger partial charge in [0.25, 0.3) is 0 Å². The quantitative estimate of drug-likeness (QED) is 0.841. The van der Waals surface area contributed by atoms with Crippen LogP contribution in [-0.2, 0) is 0 Å². The van der Waals surface area contributed by atoms with Gasteiger partial charge in [-0.15, -0.1) is 0 Å². The number of alkyl halides is 3. The molecule has 0 aliphatic rings. The van der Waals surface area contributed by atoms with Gasteiger partial charge >= 0.3 is 6.18 Å². The highest BCUT2D eigenvalue weighted by Crippen LogP contribution is 2.29. The zero-order valence-corrected chi connectivity index (χ0v) is 12.0. The van der Waals surface area contributed by atoms with Gasteiger partial charge in [0, 0.05) is 24.0 Å². The molecule has 0 amide bonds. The highest BCUT2D eigenvalue weighted by atomic mass is 19.4. The van der Waals surface area contributed by atoms with Gasteiger partial charge in [0.1, 0.15) is 0 Å². The van der Waals surface area contributed by atoms with Crippen molar-refractivity contribution in [2.45, 2.75) is 38.4 Å². The number of halogens is 3. The lowest BCUT2D eigenvalue weighted by molar-refractivity contribution is -0.135. The van der Waals surface area contributed by atoms with Gasteiger partial charge in [-0.25, -0.2) is 0 Å². The van der Waals surface area contributed by atoms with Crippen LogP contribution in [0.15, 0.2) is 36.5 Å². The highest BCUT2D eigenvalue weighted by Gasteiger charge is 2.27. The molecule has 5 heteroatoms. The van der Waals surface area contributed by atoms with Crippen molar-refractivity contribution in [1.82, 2.24) is 10.3 Å². The topological polar surface area (TPSA) is 24.9 Å². The van der Waals surface area contributed by atoms with Crippen LogP contribution >= 0.6 is 0 Å². The molecule has 1 N–H and O–H groups in total. The first kappa shape index (κ1) is 15.8. The Kier molecular flexibility index (Phi) is 5.17. The van der Waals surface area contributed by atoms with Crippen LogP contribution in [-0.4, -0.2) is 17.7 Å². The number of benzene rings is 1. The van der Waals surface area contributed by atoms with E-state index >= 15 is 0 Å². The highest BCUT2D eigenvalue weighted by molar-refractivity contribution is 5.82. The van der Waals surface area contributed by atoms with E-state index in [1.165, 1.54) is 0 Å². The maximum atomic E-state index is 12.3. The maximum absolute atomic E-state index is 12.3. The van der Waals surface area contributed by atoms with Crippen LogP contribution in [0, 0.1) is 0 Å². The molecule has 1 aromatic heterocycles. The molecule has 2 aromatic rings. The van der Waals surface area contributed by atoms with Crippen LogP contribution in [0.1, 0.15) is 37.8 Å². The Morgan fingerprint density at radius 3 is 2.67 bits per heavy atom. The number of pyridine rings is 1. The summed E-state index contributed by atoms with van der Waals surface area (Å²) in [5.41, 5.74) is 1.89. The number of rotatable bonds is 6. The molecule has 1 heterocycles. The van der Waals surface area contributed by atoms with Crippen LogP contribution in [0.4, 0.5) is 13.2 Å². The number of hydrogen-bond acceptors (Lipinski definition) is 2. The Morgan fingerprint density at radius 1 is 1.19 bits per heavy atom. The molecule has 0 aliphatic heterocycles. The van der Waals surface area contributed by atoms with Gasteiger partial charge in [0.05, 0.1) is 5.52 Å². The lowest BCUT2D eigenvalue weighted by Crippen LogP contribution is -2.22. The van der Waals surface area contributed by atoms with E-state index in [-0.39, 0.29) is 12.5 Å². The average Bonchev–Trinajstić information content (AvgIpc) is 2.44. The van der Waals surface area contributed by atoms with Crippen LogP contribution in [0.2, 0.25) is 0 Å². The second-order valence-corrected chi connectivity index (χ2v) is 5.03. The van der Waals surface area contributed by atoms with E-state index in [1.54, 1.807) is 6.20 Å². The van der Waals surface area contributed by atoms with E-state index in [0.29, 0.717) is 13.0 Å². The van der Waals surface area contributed by atoms with E-state index in [9.17, 15) is 13.2 Å². The molecule has 1 aromatic carbocycles. The van der Waals surface area contributed by atoms with Gasteiger partial charge in [-0.1, -0.05) is 25.1 Å². The summed E-state index contributed by atoms with van der Waals surface area (Å²) in [6.45, 7) is 2.67. The molecule has 114 valence electrons. The number of hydrogen-bond donors (Lipinski definition) is 1. The molecule has 21 heavy (non-hydrogen) atoms. The number of fused-ring (bicyclic) bond motifs is 1. The van der Waals surface area contributed by atoms with E-state index in [1.807, 2.05) is 37.3 Å². The number of nitrogens with zero attached hydrogens (tertiary/aromatic N) is 1. The summed E-state index contributed by atoms with van der Waals surface area (Å²) < 4.78 is 37.0. The second kappa shape index (κ2) is 6.89. The van der Waals surface area contributed by atoms with Crippen LogP contribution < -0.4 is 5.32 Å². The third-order valence-corrected chi connectivity index (χ3v) is 3.46. The third-order valence-electron chi connectivity index (χ3n) is 3.46. The minimum Gasteiger partial charge on any atom is -0.310 e. The third kappa shape index (κ3) is 4.43. The second-order valence-electron chi connectivity index (χ2n) is 5.03. The Balaban J connectivity index is 2.20. The summed E-state index contributed by atoms with van der Waals surface area (Å²) in [7, 11) is 0. The number of nitrogens with one attached hydrogen (secondary N) is 1. The predicted molar refractivity (Wildman–Crippen MR) is 78.1 cm³/mol. The van der Waals surface area contributed by atoms with Crippen molar-refractivity contribution in [3.05, 3.63) is 42.1 Å². The summed E-state index contributed by atoms with van der Waals surface area (Å²) in [4.78, 5) is 4.30. The number of para-hydroxylation sites is 1. The summed E-state index contributed by atoms with van der Waals surface area (Å²) in [6, 6.07) is 9.52. The van der Waals surface area contributed by atoms with E-state index in [2.05, 4.69) is 10.3 Å². The summed E-state index contributed by atoms with van der Waals surface area (Å²) in [6.07, 6.45) is -2.53. The van der Waals surface area contributed by atoms with Gasteiger partial charge < -0.3 is 5.32 Å². The Labute approximate surface area is 122 Å². The predicted octanol–water partition coefficient (Wildman–Crippen LogP) is 4.62. The average molecular weight is 296 g/mol. The first-order chi connectivity index (χ1) is 10.0. The monoisotopic (exact) mass is 296 g/mol. The van der Waals surface area contributed by atoms with Crippen molar-refractivity contribution in [2.75, 3.05) is 6.54 Å². The lowest BCUT2D eigenvalue weighted by Gasteiger charge is -2.20. The fraction of sp³-hybridized carbons (Fsp3) is 0.438. The SMILES string of the molecule is CCNC(CCCC(F)(F)F)c1ccnc2ccccc12. The van der Waals surface area contributed by atoms with Crippen molar-refractivity contribution in [3.63, 3.8) is 0 Å². The van der Waals surface area contributed by atoms with E-state index in [0.717, 1.165) is 16.5 Å². The molecule has 0 saturated carbocycles. The largest absolute Gasteiger partial charge is 0.389 e. The van der Waals surface area contributed by atoms with Crippen molar-refractivity contribution in [2.24, 2.45) is 0 Å². The standard InChI is InChI=1S/C16H19F3N2/c1-2-20-14(8-5-10-16(17,18)19)13-9-11-21-15-7-4-3-6-12(13)15/h3-4,6-7,9,11,14,20H,2,5,8,10H2,1H3. The molecular formula is C16H19F3N2. The van der Waals surface area contributed by atoms with Crippen LogP contribution in [0.3, 0.4) is 0 Å². The van der Waals surface area contributed by atoms with E-state index in [4.69, 9.17) is 0 Å². The molecule has 2 rings (SSSR count). The molecule has 0 radical (unpaired) electrons. The van der Waals surface area contributed by atoms with Gasteiger partial charge in [0.2, 0.25) is 0 Å². The van der Waals surface area contributed by atoms with Gasteiger partial charge in [-0.2, -0.15) is 13.2 Å². The molecule has 0 fully saturated rings. The molecule has 0 spiro atoms. The molecule has 1 atom stereocenters. The lowest BCUT2D eigenvalue weighted by atomic mass is 9.97. The van der Waals surface area contributed by atoms with Gasteiger partial charge in [-0.05, 0) is 37.1 Å². The van der Waals surface area contributed by atoms with Crippen molar-refractivity contribution < 1.29 is 13.2 Å². The summed E-state index contributed by atoms with van der Waals surface area (Å²) >= 11 is 0. The van der Waals surface area contributed by atoms with Gasteiger partial charge in [-0.3, -0.25) is 4.98 Å². The zero-order valence-electron chi connectivity index (χ0n) is 12.0. The van der Waals surface area contributed by atoms with Crippen LogP contribution in [0.5, 0.6) is 0 Å². The minimum atomic E-state index is -4.09. The molecule has 0 saturated heterocycles. The zero-order chi connectivity index (χ0) is 15.3. The minimum absolute atomic E-state index is 0.0785. The van der Waals surface area contributed by atoms with Crippen molar-refractivity contribution in [1.29, 1.82) is 0 Å². The van der Waals surface area contributed by atoms with Gasteiger partial charge in [0.15, 0.2) is 0 Å². The van der Waals surface area contributed by atoms with Crippen molar-refractivity contribution >= 4 is 10.9 Å². The molecule has 1 unspecified atom stereocenters. The first-order valence-corrected chi connectivity index (χ1v) is 7.15. The molecule has 0 aliphatic carbocycles. The Bertz CT molecular complexity index is 576. The Hall–Kier alpha value is -1.62. The Morgan fingerprint density at radius 2 is 1.95 bits per heavy atom. The van der Waals surface area contributed by atoms with Crippen molar-refractivity contribution in [3.8, 4) is 0 Å². The fourth-order valence-electron chi connectivity index (χ4n) is 2.54. The normalized spacial score (nSPS) is 13.5.